The average Bonchev–Trinajstić information content (AvgIpc) is 3.30. The Morgan fingerprint density at radius 2 is 1.97 bits per heavy atom. The van der Waals surface area contributed by atoms with E-state index >= 15 is 0 Å². The third-order valence-electron chi connectivity index (χ3n) is 5.31. The number of aromatic nitrogens is 3. The molecule has 1 aliphatic rings. The van der Waals surface area contributed by atoms with Gasteiger partial charge in [0, 0.05) is 30.9 Å². The van der Waals surface area contributed by atoms with Gasteiger partial charge in [-0.3, -0.25) is 19.5 Å². The van der Waals surface area contributed by atoms with Gasteiger partial charge in [0.1, 0.15) is 0 Å². The van der Waals surface area contributed by atoms with E-state index in [0.717, 1.165) is 0 Å². The minimum atomic E-state index is -0.855. The number of aliphatic hydroxyl groups is 1. The summed E-state index contributed by atoms with van der Waals surface area (Å²) in [6.45, 7) is 3.81. The first-order valence-corrected chi connectivity index (χ1v) is 10.2. The molecule has 1 aliphatic heterocycles. The number of methoxy groups -OCH3 is 2. The van der Waals surface area contributed by atoms with Crippen LogP contribution in [0.2, 0.25) is 0 Å². The lowest BCUT2D eigenvalue weighted by atomic mass is 9.93. The SMILES string of the molecule is COc1cc2nc(N3C(=O)C(O)=C(C(=O)CC(C)C)C3c3cccnc3)[nH]c2cc1OC. The lowest BCUT2D eigenvalue weighted by Crippen LogP contribution is -2.32. The van der Waals surface area contributed by atoms with Gasteiger partial charge in [-0.05, 0) is 17.5 Å². The van der Waals surface area contributed by atoms with Crippen LogP contribution in [-0.2, 0) is 9.59 Å². The number of fused-ring (bicyclic) bond motifs is 1. The molecule has 3 heterocycles. The van der Waals surface area contributed by atoms with Crippen LogP contribution in [0.25, 0.3) is 11.0 Å². The first-order valence-electron chi connectivity index (χ1n) is 10.2. The van der Waals surface area contributed by atoms with Crippen molar-refractivity contribution in [3.05, 3.63) is 53.6 Å². The van der Waals surface area contributed by atoms with Crippen molar-refractivity contribution in [3.63, 3.8) is 0 Å². The van der Waals surface area contributed by atoms with Crippen LogP contribution in [0.4, 0.5) is 5.95 Å². The molecule has 0 saturated heterocycles. The number of pyridine rings is 1. The van der Waals surface area contributed by atoms with Crippen molar-refractivity contribution in [1.82, 2.24) is 15.0 Å². The highest BCUT2D eigenvalue weighted by atomic mass is 16.5. The molecule has 0 saturated carbocycles. The first kappa shape index (κ1) is 21.4. The number of hydrogen-bond acceptors (Lipinski definition) is 7. The van der Waals surface area contributed by atoms with Crippen LogP contribution in [-0.4, -0.2) is 46.0 Å². The highest BCUT2D eigenvalue weighted by Gasteiger charge is 2.45. The monoisotopic (exact) mass is 436 g/mol. The number of aromatic amines is 1. The number of carbonyl (C=O) groups is 2. The number of aliphatic hydroxyl groups excluding tert-OH is 1. The molecule has 2 aromatic heterocycles. The topological polar surface area (TPSA) is 118 Å². The second-order valence-corrected chi connectivity index (χ2v) is 7.93. The Morgan fingerprint density at radius 3 is 2.59 bits per heavy atom. The molecule has 3 aromatic rings. The summed E-state index contributed by atoms with van der Waals surface area (Å²) in [5, 5.41) is 10.7. The smallest absolute Gasteiger partial charge is 0.296 e. The second-order valence-electron chi connectivity index (χ2n) is 7.93. The van der Waals surface area contributed by atoms with Crippen molar-refractivity contribution >= 4 is 28.7 Å². The van der Waals surface area contributed by atoms with Gasteiger partial charge in [0.25, 0.3) is 5.91 Å². The summed E-state index contributed by atoms with van der Waals surface area (Å²) in [5.74, 6) is -0.324. The number of rotatable bonds is 7. The maximum absolute atomic E-state index is 13.1. The van der Waals surface area contributed by atoms with E-state index in [-0.39, 0.29) is 29.6 Å². The molecule has 166 valence electrons. The lowest BCUT2D eigenvalue weighted by molar-refractivity contribution is -0.118. The Labute approximate surface area is 184 Å². The third kappa shape index (κ3) is 3.55. The molecular weight excluding hydrogens is 412 g/mol. The van der Waals surface area contributed by atoms with Crippen molar-refractivity contribution in [3.8, 4) is 11.5 Å². The minimum absolute atomic E-state index is 0.0484. The number of nitrogens with one attached hydrogen (secondary N) is 1. The molecule has 1 aromatic carbocycles. The number of imidazole rings is 1. The van der Waals surface area contributed by atoms with Crippen LogP contribution >= 0.6 is 0 Å². The number of benzene rings is 1. The molecule has 9 nitrogen and oxygen atoms in total. The van der Waals surface area contributed by atoms with Crippen LogP contribution in [0.1, 0.15) is 31.9 Å². The predicted octanol–water partition coefficient (Wildman–Crippen LogP) is 3.49. The Kier molecular flexibility index (Phi) is 5.56. The van der Waals surface area contributed by atoms with Gasteiger partial charge in [0.2, 0.25) is 5.95 Å². The van der Waals surface area contributed by atoms with E-state index in [1.807, 2.05) is 13.8 Å². The van der Waals surface area contributed by atoms with Gasteiger partial charge in [0.15, 0.2) is 23.0 Å². The summed E-state index contributed by atoms with van der Waals surface area (Å²) in [6.07, 6.45) is 3.37. The molecule has 0 aliphatic carbocycles. The number of ketones is 1. The molecule has 0 fully saturated rings. The van der Waals surface area contributed by atoms with E-state index in [2.05, 4.69) is 15.0 Å². The van der Waals surface area contributed by atoms with Crippen LogP contribution in [0, 0.1) is 5.92 Å². The summed E-state index contributed by atoms with van der Waals surface area (Å²) < 4.78 is 10.7. The van der Waals surface area contributed by atoms with E-state index in [9.17, 15) is 14.7 Å². The van der Waals surface area contributed by atoms with Crippen molar-refractivity contribution in [2.45, 2.75) is 26.3 Å². The zero-order chi connectivity index (χ0) is 23.0. The molecule has 9 heteroatoms. The summed E-state index contributed by atoms with van der Waals surface area (Å²) in [6, 6.07) is 6.01. The highest BCUT2D eigenvalue weighted by Crippen LogP contribution is 2.41. The number of H-pyrrole nitrogens is 1. The fourth-order valence-corrected chi connectivity index (χ4v) is 3.88. The molecule has 2 N–H and O–H groups in total. The average molecular weight is 436 g/mol. The molecule has 0 bridgehead atoms. The van der Waals surface area contributed by atoms with Gasteiger partial charge in [-0.25, -0.2) is 4.98 Å². The summed E-state index contributed by atoms with van der Waals surface area (Å²) in [4.78, 5) is 39.2. The number of amides is 1. The number of hydrogen-bond donors (Lipinski definition) is 2. The highest BCUT2D eigenvalue weighted by molar-refractivity contribution is 6.16. The summed E-state index contributed by atoms with van der Waals surface area (Å²) in [5.41, 5.74) is 1.79. The first-order chi connectivity index (χ1) is 15.3. The molecule has 32 heavy (non-hydrogen) atoms. The predicted molar refractivity (Wildman–Crippen MR) is 118 cm³/mol. The summed E-state index contributed by atoms with van der Waals surface area (Å²) >= 11 is 0. The molecule has 1 unspecified atom stereocenters. The Balaban J connectivity index is 1.85. The fourth-order valence-electron chi connectivity index (χ4n) is 3.88. The van der Waals surface area contributed by atoms with Gasteiger partial charge in [-0.15, -0.1) is 0 Å². The molecule has 1 atom stereocenters. The number of carbonyl (C=O) groups excluding carboxylic acids is 2. The normalized spacial score (nSPS) is 16.3. The standard InChI is InChI=1S/C23H24N4O5/c1-12(2)8-16(28)19-20(13-6-5-7-24-11-13)27(22(30)21(19)29)23-25-14-9-17(31-3)18(32-4)10-15(14)26-23/h5-7,9-12,20,29H,8H2,1-4H3,(H,25,26). The van der Waals surface area contributed by atoms with Crippen molar-refractivity contribution in [2.24, 2.45) is 5.92 Å². The maximum atomic E-state index is 13.1. The van der Waals surface area contributed by atoms with E-state index in [0.29, 0.717) is 28.1 Å². The van der Waals surface area contributed by atoms with Crippen molar-refractivity contribution in [2.75, 3.05) is 19.1 Å². The minimum Gasteiger partial charge on any atom is -0.503 e. The molecular formula is C23H24N4O5. The van der Waals surface area contributed by atoms with E-state index < -0.39 is 17.7 Å². The van der Waals surface area contributed by atoms with Crippen molar-refractivity contribution in [1.29, 1.82) is 0 Å². The zero-order valence-corrected chi connectivity index (χ0v) is 18.2. The van der Waals surface area contributed by atoms with Crippen LogP contribution in [0.15, 0.2) is 48.0 Å². The van der Waals surface area contributed by atoms with Crippen LogP contribution < -0.4 is 14.4 Å². The molecule has 4 rings (SSSR count). The van der Waals surface area contributed by atoms with Crippen LogP contribution in [0.3, 0.4) is 0 Å². The van der Waals surface area contributed by atoms with E-state index in [1.165, 1.54) is 19.1 Å². The number of Topliss-reactive ketones (excluding diaryl/α,β-unsaturated/α-hetero) is 1. The third-order valence-corrected chi connectivity index (χ3v) is 5.31. The van der Waals surface area contributed by atoms with E-state index in [4.69, 9.17) is 9.47 Å². The lowest BCUT2D eigenvalue weighted by Gasteiger charge is -2.24. The molecule has 0 radical (unpaired) electrons. The van der Waals surface area contributed by atoms with Crippen molar-refractivity contribution < 1.29 is 24.2 Å². The fraction of sp³-hybridized carbons (Fsp3) is 0.304. The second kappa shape index (κ2) is 8.33. The maximum Gasteiger partial charge on any atom is 0.296 e. The van der Waals surface area contributed by atoms with Gasteiger partial charge in [-0.2, -0.15) is 0 Å². The zero-order valence-electron chi connectivity index (χ0n) is 18.2. The quantitative estimate of drug-likeness (QED) is 0.582. The van der Waals surface area contributed by atoms with Gasteiger partial charge >= 0.3 is 0 Å². The van der Waals surface area contributed by atoms with Gasteiger partial charge in [0.05, 0.1) is 36.9 Å². The van der Waals surface area contributed by atoms with Gasteiger partial charge < -0.3 is 19.6 Å². The number of anilines is 1. The number of ether oxygens (including phenoxy) is 2. The van der Waals surface area contributed by atoms with Crippen LogP contribution in [0.5, 0.6) is 11.5 Å². The molecule has 0 spiro atoms. The molecule has 1 amide bonds. The summed E-state index contributed by atoms with van der Waals surface area (Å²) in [7, 11) is 3.05. The largest absolute Gasteiger partial charge is 0.503 e. The Hall–Kier alpha value is -3.88. The Morgan fingerprint density at radius 1 is 1.25 bits per heavy atom. The number of nitrogens with zero attached hydrogens (tertiary/aromatic N) is 3. The Bertz CT molecular complexity index is 1170. The van der Waals surface area contributed by atoms with Gasteiger partial charge in [-0.1, -0.05) is 19.9 Å². The van der Waals surface area contributed by atoms with E-state index in [1.54, 1.807) is 36.7 Å².